The zero-order valence-electron chi connectivity index (χ0n) is 11.2. The standard InChI is InChI=1S/C17H17BrClN/c18-14-5-1-13(2-6-14)17-11-20-10-9-16(17)12-3-7-15(19)8-4-12/h1-8,16-17,20H,9-11H2. The molecule has 0 amide bonds. The average Bonchev–Trinajstić information content (AvgIpc) is 2.49. The molecule has 0 radical (unpaired) electrons. The predicted molar refractivity (Wildman–Crippen MR) is 88.6 cm³/mol. The third kappa shape index (κ3) is 3.08. The SMILES string of the molecule is Clc1ccc(C2CCNCC2c2ccc(Br)cc2)cc1. The maximum atomic E-state index is 6.00. The van der Waals surface area contributed by atoms with Gasteiger partial charge in [-0.05, 0) is 54.3 Å². The van der Waals surface area contributed by atoms with Crippen LogP contribution in [0.5, 0.6) is 0 Å². The van der Waals surface area contributed by atoms with Crippen molar-refractivity contribution in [3.63, 3.8) is 0 Å². The van der Waals surface area contributed by atoms with Crippen LogP contribution in [0.15, 0.2) is 53.0 Å². The van der Waals surface area contributed by atoms with Crippen LogP contribution in [0.1, 0.15) is 29.4 Å². The fourth-order valence-electron chi connectivity index (χ4n) is 3.03. The van der Waals surface area contributed by atoms with Crippen LogP contribution in [-0.2, 0) is 0 Å². The lowest BCUT2D eigenvalue weighted by Crippen LogP contribution is -2.34. The molecule has 0 saturated carbocycles. The minimum Gasteiger partial charge on any atom is -0.316 e. The molecular weight excluding hydrogens is 334 g/mol. The first-order valence-electron chi connectivity index (χ1n) is 6.95. The van der Waals surface area contributed by atoms with E-state index in [-0.39, 0.29) is 0 Å². The molecule has 1 saturated heterocycles. The van der Waals surface area contributed by atoms with Gasteiger partial charge in [0.1, 0.15) is 0 Å². The molecule has 0 aromatic heterocycles. The first kappa shape index (κ1) is 14.1. The molecule has 1 aliphatic rings. The van der Waals surface area contributed by atoms with E-state index >= 15 is 0 Å². The largest absolute Gasteiger partial charge is 0.316 e. The minimum atomic E-state index is 0.526. The van der Waals surface area contributed by atoms with Gasteiger partial charge in [0.25, 0.3) is 0 Å². The first-order chi connectivity index (χ1) is 9.74. The van der Waals surface area contributed by atoms with E-state index in [1.54, 1.807) is 0 Å². The van der Waals surface area contributed by atoms with E-state index in [9.17, 15) is 0 Å². The maximum absolute atomic E-state index is 6.00. The Labute approximate surface area is 133 Å². The molecule has 1 nitrogen and oxygen atoms in total. The van der Waals surface area contributed by atoms with Gasteiger partial charge in [-0.2, -0.15) is 0 Å². The molecule has 2 aromatic carbocycles. The Balaban J connectivity index is 1.90. The van der Waals surface area contributed by atoms with Gasteiger partial charge in [0.2, 0.25) is 0 Å². The number of piperidine rings is 1. The number of rotatable bonds is 2. The summed E-state index contributed by atoms with van der Waals surface area (Å²) in [6.45, 7) is 2.12. The normalized spacial score (nSPS) is 22.7. The molecule has 2 atom stereocenters. The topological polar surface area (TPSA) is 12.0 Å². The van der Waals surface area contributed by atoms with Gasteiger partial charge in [-0.3, -0.25) is 0 Å². The highest BCUT2D eigenvalue weighted by atomic mass is 79.9. The zero-order chi connectivity index (χ0) is 13.9. The van der Waals surface area contributed by atoms with Crippen molar-refractivity contribution in [2.45, 2.75) is 18.3 Å². The van der Waals surface area contributed by atoms with Crippen molar-refractivity contribution in [2.75, 3.05) is 13.1 Å². The zero-order valence-corrected chi connectivity index (χ0v) is 13.5. The second-order valence-electron chi connectivity index (χ2n) is 5.31. The maximum Gasteiger partial charge on any atom is 0.0406 e. The Kier molecular flexibility index (Phi) is 4.45. The number of hydrogen-bond acceptors (Lipinski definition) is 1. The van der Waals surface area contributed by atoms with Gasteiger partial charge in [-0.15, -0.1) is 0 Å². The molecule has 20 heavy (non-hydrogen) atoms. The Bertz CT molecular complexity index is 511. The van der Waals surface area contributed by atoms with E-state index in [0.29, 0.717) is 11.8 Å². The van der Waals surface area contributed by atoms with Crippen LogP contribution in [0.2, 0.25) is 5.02 Å². The first-order valence-corrected chi connectivity index (χ1v) is 8.13. The lowest BCUT2D eigenvalue weighted by molar-refractivity contribution is 0.404. The minimum absolute atomic E-state index is 0.526. The van der Waals surface area contributed by atoms with Crippen molar-refractivity contribution < 1.29 is 0 Å². The summed E-state index contributed by atoms with van der Waals surface area (Å²) in [6.07, 6.45) is 1.17. The Morgan fingerprint density at radius 3 is 2.20 bits per heavy atom. The van der Waals surface area contributed by atoms with Crippen molar-refractivity contribution in [1.29, 1.82) is 0 Å². The van der Waals surface area contributed by atoms with Gasteiger partial charge in [0, 0.05) is 22.0 Å². The molecule has 3 heteroatoms. The summed E-state index contributed by atoms with van der Waals surface area (Å²) in [7, 11) is 0. The van der Waals surface area contributed by atoms with Crippen LogP contribution < -0.4 is 5.32 Å². The van der Waals surface area contributed by atoms with E-state index in [0.717, 1.165) is 22.6 Å². The summed E-state index contributed by atoms with van der Waals surface area (Å²) in [6, 6.07) is 17.0. The highest BCUT2D eigenvalue weighted by Gasteiger charge is 2.27. The fraction of sp³-hybridized carbons (Fsp3) is 0.294. The number of halogens is 2. The molecule has 1 aliphatic heterocycles. The Morgan fingerprint density at radius 2 is 1.50 bits per heavy atom. The Hall–Kier alpha value is -0.830. The van der Waals surface area contributed by atoms with Crippen LogP contribution in [-0.4, -0.2) is 13.1 Å². The molecule has 2 unspecified atom stereocenters. The summed E-state index contributed by atoms with van der Waals surface area (Å²) < 4.78 is 1.13. The number of nitrogens with one attached hydrogen (secondary N) is 1. The van der Waals surface area contributed by atoms with Crippen LogP contribution in [0.4, 0.5) is 0 Å². The van der Waals surface area contributed by atoms with Crippen molar-refractivity contribution >= 4 is 27.5 Å². The van der Waals surface area contributed by atoms with Crippen molar-refractivity contribution in [1.82, 2.24) is 5.32 Å². The smallest absolute Gasteiger partial charge is 0.0406 e. The van der Waals surface area contributed by atoms with Gasteiger partial charge in [0.15, 0.2) is 0 Å². The average molecular weight is 351 g/mol. The fourth-order valence-corrected chi connectivity index (χ4v) is 3.42. The second-order valence-corrected chi connectivity index (χ2v) is 6.66. The van der Waals surface area contributed by atoms with Gasteiger partial charge in [0.05, 0.1) is 0 Å². The van der Waals surface area contributed by atoms with Crippen LogP contribution in [0.25, 0.3) is 0 Å². The van der Waals surface area contributed by atoms with Crippen LogP contribution in [0, 0.1) is 0 Å². The van der Waals surface area contributed by atoms with Crippen molar-refractivity contribution in [2.24, 2.45) is 0 Å². The number of hydrogen-bond donors (Lipinski definition) is 1. The van der Waals surface area contributed by atoms with Gasteiger partial charge >= 0.3 is 0 Å². The summed E-state index contributed by atoms with van der Waals surface area (Å²) in [4.78, 5) is 0. The highest BCUT2D eigenvalue weighted by Crippen LogP contribution is 2.37. The van der Waals surface area contributed by atoms with E-state index in [1.165, 1.54) is 17.5 Å². The van der Waals surface area contributed by atoms with Gasteiger partial charge in [-0.1, -0.05) is 51.8 Å². The Morgan fingerprint density at radius 1 is 0.900 bits per heavy atom. The van der Waals surface area contributed by atoms with E-state index in [2.05, 4.69) is 57.6 Å². The summed E-state index contributed by atoms with van der Waals surface area (Å²) >= 11 is 9.51. The molecule has 104 valence electrons. The van der Waals surface area contributed by atoms with Crippen LogP contribution in [0.3, 0.4) is 0 Å². The van der Waals surface area contributed by atoms with Gasteiger partial charge in [-0.25, -0.2) is 0 Å². The van der Waals surface area contributed by atoms with E-state index < -0.39 is 0 Å². The predicted octanol–water partition coefficient (Wildman–Crippen LogP) is 4.96. The molecule has 3 rings (SSSR count). The second kappa shape index (κ2) is 6.30. The molecule has 0 bridgehead atoms. The summed E-state index contributed by atoms with van der Waals surface area (Å²) in [5.74, 6) is 1.09. The monoisotopic (exact) mass is 349 g/mol. The lowest BCUT2D eigenvalue weighted by Gasteiger charge is -2.33. The molecule has 1 heterocycles. The van der Waals surface area contributed by atoms with Crippen molar-refractivity contribution in [3.8, 4) is 0 Å². The summed E-state index contributed by atoms with van der Waals surface area (Å²) in [5, 5.41) is 4.33. The van der Waals surface area contributed by atoms with E-state index in [1.807, 2.05) is 12.1 Å². The van der Waals surface area contributed by atoms with E-state index in [4.69, 9.17) is 11.6 Å². The summed E-state index contributed by atoms with van der Waals surface area (Å²) in [5.41, 5.74) is 2.80. The van der Waals surface area contributed by atoms with Gasteiger partial charge < -0.3 is 5.32 Å². The number of benzene rings is 2. The van der Waals surface area contributed by atoms with Crippen molar-refractivity contribution in [3.05, 3.63) is 69.2 Å². The third-order valence-electron chi connectivity index (χ3n) is 4.08. The molecule has 1 fully saturated rings. The third-order valence-corrected chi connectivity index (χ3v) is 4.86. The highest BCUT2D eigenvalue weighted by molar-refractivity contribution is 9.10. The molecule has 2 aromatic rings. The molecular formula is C17H17BrClN. The lowest BCUT2D eigenvalue weighted by atomic mass is 9.77. The quantitative estimate of drug-likeness (QED) is 0.807. The molecule has 1 N–H and O–H groups in total. The van der Waals surface area contributed by atoms with Crippen LogP contribution >= 0.6 is 27.5 Å². The molecule has 0 spiro atoms. The molecule has 0 aliphatic carbocycles.